The van der Waals surface area contributed by atoms with Gasteiger partial charge in [-0.25, -0.2) is 4.39 Å². The zero-order valence-electron chi connectivity index (χ0n) is 13.4. The van der Waals surface area contributed by atoms with E-state index in [0.29, 0.717) is 0 Å². The van der Waals surface area contributed by atoms with Crippen LogP contribution in [-0.2, 0) is 4.74 Å². The minimum Gasteiger partial charge on any atom is -0.381 e. The minimum absolute atomic E-state index is 0.0605. The highest BCUT2D eigenvalue weighted by Gasteiger charge is 2.36. The fourth-order valence-corrected chi connectivity index (χ4v) is 3.08. The van der Waals surface area contributed by atoms with E-state index in [1.54, 1.807) is 6.07 Å². The minimum atomic E-state index is -0.125. The average Bonchev–Trinajstić information content (AvgIpc) is 2.93. The molecular weight excluding hydrogens is 267 g/mol. The molecule has 2 rings (SSSR count). The van der Waals surface area contributed by atoms with Gasteiger partial charge in [0.05, 0.1) is 6.61 Å². The number of rotatable bonds is 7. The lowest BCUT2D eigenvalue weighted by Crippen LogP contribution is -2.44. The summed E-state index contributed by atoms with van der Waals surface area (Å²) >= 11 is 0. The van der Waals surface area contributed by atoms with Gasteiger partial charge in [-0.15, -0.1) is 0 Å². The number of halogens is 1. The van der Waals surface area contributed by atoms with Crippen LogP contribution < -0.4 is 5.32 Å². The number of nitrogens with zero attached hydrogens (tertiary/aromatic N) is 1. The van der Waals surface area contributed by atoms with Crippen LogP contribution in [0.5, 0.6) is 0 Å². The van der Waals surface area contributed by atoms with Crippen LogP contribution in [0.2, 0.25) is 0 Å². The van der Waals surface area contributed by atoms with Crippen LogP contribution in [0.25, 0.3) is 0 Å². The van der Waals surface area contributed by atoms with Crippen molar-refractivity contribution in [2.24, 2.45) is 5.41 Å². The lowest BCUT2D eigenvalue weighted by molar-refractivity contribution is 0.104. The zero-order chi connectivity index (χ0) is 15.3. The zero-order valence-corrected chi connectivity index (χ0v) is 13.4. The first-order valence-electron chi connectivity index (χ1n) is 7.81. The SMILES string of the molecule is CCNCC1(CN(C)C(C)c2ccccc2F)CCOC1. The maximum Gasteiger partial charge on any atom is 0.127 e. The van der Waals surface area contributed by atoms with E-state index in [9.17, 15) is 4.39 Å². The molecule has 118 valence electrons. The van der Waals surface area contributed by atoms with Crippen LogP contribution in [0.3, 0.4) is 0 Å². The van der Waals surface area contributed by atoms with Crippen molar-refractivity contribution in [3.8, 4) is 0 Å². The summed E-state index contributed by atoms with van der Waals surface area (Å²) in [6.07, 6.45) is 1.06. The van der Waals surface area contributed by atoms with Gasteiger partial charge in [0.15, 0.2) is 0 Å². The van der Waals surface area contributed by atoms with Crippen molar-refractivity contribution in [3.63, 3.8) is 0 Å². The lowest BCUT2D eigenvalue weighted by Gasteiger charge is -2.35. The van der Waals surface area contributed by atoms with E-state index in [4.69, 9.17) is 4.74 Å². The molecule has 0 radical (unpaired) electrons. The van der Waals surface area contributed by atoms with E-state index in [1.807, 2.05) is 12.1 Å². The Balaban J connectivity index is 2.05. The summed E-state index contributed by atoms with van der Waals surface area (Å²) in [5.74, 6) is -0.125. The highest BCUT2D eigenvalue weighted by molar-refractivity contribution is 5.20. The van der Waals surface area contributed by atoms with E-state index in [2.05, 4.69) is 31.1 Å². The molecule has 1 aliphatic rings. The second-order valence-corrected chi connectivity index (χ2v) is 6.20. The molecule has 0 bridgehead atoms. The van der Waals surface area contributed by atoms with Crippen LogP contribution >= 0.6 is 0 Å². The third kappa shape index (κ3) is 4.02. The van der Waals surface area contributed by atoms with Gasteiger partial charge in [0.25, 0.3) is 0 Å². The molecule has 1 aromatic carbocycles. The molecule has 1 aromatic rings. The van der Waals surface area contributed by atoms with E-state index in [1.165, 1.54) is 6.07 Å². The summed E-state index contributed by atoms with van der Waals surface area (Å²) in [4.78, 5) is 2.24. The first kappa shape index (κ1) is 16.4. The summed E-state index contributed by atoms with van der Waals surface area (Å²) in [5.41, 5.74) is 0.905. The molecule has 0 spiro atoms. The number of ether oxygens (including phenoxy) is 1. The fourth-order valence-electron chi connectivity index (χ4n) is 3.08. The third-order valence-corrected chi connectivity index (χ3v) is 4.54. The molecular formula is C17H27FN2O. The summed E-state index contributed by atoms with van der Waals surface area (Å²) in [5, 5.41) is 3.45. The Morgan fingerprint density at radius 3 is 2.81 bits per heavy atom. The number of hydrogen-bond acceptors (Lipinski definition) is 3. The van der Waals surface area contributed by atoms with Crippen LogP contribution in [0, 0.1) is 11.2 Å². The predicted molar refractivity (Wildman–Crippen MR) is 83.9 cm³/mol. The highest BCUT2D eigenvalue weighted by Crippen LogP contribution is 2.32. The van der Waals surface area contributed by atoms with Gasteiger partial charge in [0.1, 0.15) is 5.82 Å². The largest absolute Gasteiger partial charge is 0.381 e. The van der Waals surface area contributed by atoms with Crippen molar-refractivity contribution in [1.29, 1.82) is 0 Å². The smallest absolute Gasteiger partial charge is 0.127 e. The van der Waals surface area contributed by atoms with Crippen LogP contribution in [0.15, 0.2) is 24.3 Å². The molecule has 21 heavy (non-hydrogen) atoms. The summed E-state index contributed by atoms with van der Waals surface area (Å²) in [6, 6.07) is 7.11. The summed E-state index contributed by atoms with van der Waals surface area (Å²) < 4.78 is 19.6. The molecule has 2 atom stereocenters. The second kappa shape index (κ2) is 7.34. The van der Waals surface area contributed by atoms with Gasteiger partial charge in [0.2, 0.25) is 0 Å². The van der Waals surface area contributed by atoms with Crippen molar-refractivity contribution >= 4 is 0 Å². The average molecular weight is 294 g/mol. The third-order valence-electron chi connectivity index (χ3n) is 4.54. The molecule has 1 saturated heterocycles. The topological polar surface area (TPSA) is 24.5 Å². The Bertz CT molecular complexity index is 446. The van der Waals surface area contributed by atoms with Crippen molar-refractivity contribution in [2.45, 2.75) is 26.3 Å². The monoisotopic (exact) mass is 294 g/mol. The normalized spacial score (nSPS) is 23.7. The molecule has 1 aliphatic heterocycles. The summed E-state index contributed by atoms with van der Waals surface area (Å²) in [7, 11) is 2.07. The quantitative estimate of drug-likeness (QED) is 0.837. The Kier molecular flexibility index (Phi) is 5.73. The Morgan fingerprint density at radius 2 is 2.19 bits per heavy atom. The van der Waals surface area contributed by atoms with Crippen molar-refractivity contribution in [1.82, 2.24) is 10.2 Å². The van der Waals surface area contributed by atoms with E-state index >= 15 is 0 Å². The summed E-state index contributed by atoms with van der Waals surface area (Å²) in [6.45, 7) is 8.63. The molecule has 1 N–H and O–H groups in total. The van der Waals surface area contributed by atoms with Gasteiger partial charge in [0, 0.05) is 36.7 Å². The number of benzene rings is 1. The Hall–Kier alpha value is -0.970. The number of hydrogen-bond donors (Lipinski definition) is 1. The van der Waals surface area contributed by atoms with E-state index < -0.39 is 0 Å². The van der Waals surface area contributed by atoms with E-state index in [0.717, 1.165) is 44.8 Å². The molecule has 1 fully saturated rings. The lowest BCUT2D eigenvalue weighted by atomic mass is 9.86. The molecule has 3 nitrogen and oxygen atoms in total. The van der Waals surface area contributed by atoms with Crippen molar-refractivity contribution in [2.75, 3.05) is 39.9 Å². The highest BCUT2D eigenvalue weighted by atomic mass is 19.1. The fraction of sp³-hybridized carbons (Fsp3) is 0.647. The van der Waals surface area contributed by atoms with Gasteiger partial charge < -0.3 is 10.1 Å². The first-order chi connectivity index (χ1) is 10.1. The van der Waals surface area contributed by atoms with Crippen LogP contribution in [0.1, 0.15) is 31.9 Å². The molecule has 0 aromatic heterocycles. The maximum absolute atomic E-state index is 13.9. The molecule has 0 amide bonds. The Morgan fingerprint density at radius 1 is 1.43 bits per heavy atom. The Labute approximate surface area is 127 Å². The van der Waals surface area contributed by atoms with Gasteiger partial charge in [-0.1, -0.05) is 25.1 Å². The van der Waals surface area contributed by atoms with Gasteiger partial charge in [-0.05, 0) is 33.0 Å². The predicted octanol–water partition coefficient (Wildman–Crippen LogP) is 2.83. The second-order valence-electron chi connectivity index (χ2n) is 6.20. The first-order valence-corrected chi connectivity index (χ1v) is 7.81. The van der Waals surface area contributed by atoms with Gasteiger partial charge >= 0.3 is 0 Å². The van der Waals surface area contributed by atoms with Crippen molar-refractivity contribution < 1.29 is 9.13 Å². The maximum atomic E-state index is 13.9. The molecule has 0 saturated carbocycles. The van der Waals surface area contributed by atoms with Crippen molar-refractivity contribution in [3.05, 3.63) is 35.6 Å². The van der Waals surface area contributed by atoms with Gasteiger partial charge in [-0.3, -0.25) is 4.90 Å². The molecule has 4 heteroatoms. The van der Waals surface area contributed by atoms with Crippen LogP contribution in [0.4, 0.5) is 4.39 Å². The number of nitrogens with one attached hydrogen (secondary N) is 1. The molecule has 1 heterocycles. The standard InChI is InChI=1S/C17H27FN2O/c1-4-19-11-17(9-10-21-13-17)12-20(3)14(2)15-7-5-6-8-16(15)18/h5-8,14,19H,4,9-13H2,1-3H3. The molecule has 2 unspecified atom stereocenters. The molecule has 0 aliphatic carbocycles. The van der Waals surface area contributed by atoms with Crippen LogP contribution in [-0.4, -0.2) is 44.8 Å². The van der Waals surface area contributed by atoms with E-state index in [-0.39, 0.29) is 17.3 Å². The van der Waals surface area contributed by atoms with Gasteiger partial charge in [-0.2, -0.15) is 0 Å².